The minimum atomic E-state index is -5.02. The van der Waals surface area contributed by atoms with E-state index in [1.165, 1.54) is 6.07 Å². The van der Waals surface area contributed by atoms with Gasteiger partial charge in [0.2, 0.25) is 5.91 Å². The molecule has 0 saturated heterocycles. The van der Waals surface area contributed by atoms with E-state index in [1.54, 1.807) is 32.0 Å². The van der Waals surface area contributed by atoms with Crippen LogP contribution in [0.5, 0.6) is 5.75 Å². The van der Waals surface area contributed by atoms with Crippen LogP contribution in [-0.4, -0.2) is 38.7 Å². The van der Waals surface area contributed by atoms with Gasteiger partial charge in [0.25, 0.3) is 5.72 Å². The van der Waals surface area contributed by atoms with Crippen molar-refractivity contribution < 1.29 is 28.2 Å². The molecule has 0 fully saturated rings. The highest BCUT2D eigenvalue weighted by Crippen LogP contribution is 2.41. The molecule has 1 atom stereocenters. The zero-order valence-electron chi connectivity index (χ0n) is 13.3. The Labute approximate surface area is 137 Å². The van der Waals surface area contributed by atoms with Gasteiger partial charge in [0, 0.05) is 18.6 Å². The standard InChI is InChI=1S/C16H19F3N2O3/c1-10(2)12-9-15(24,16(17,18)19)21(20-12)14(23)8-7-11-5-3-4-6-13(11)22/h3-6,10,22,24H,7-9H2,1-2H3. The molecule has 2 rings (SSSR count). The van der Waals surface area contributed by atoms with Crippen LogP contribution in [0.3, 0.4) is 0 Å². The Morgan fingerprint density at radius 2 is 2.00 bits per heavy atom. The molecule has 0 bridgehead atoms. The summed E-state index contributed by atoms with van der Waals surface area (Å²) in [5, 5.41) is 23.5. The molecule has 1 aliphatic heterocycles. The second-order valence-corrected chi connectivity index (χ2v) is 6.07. The third-order valence-electron chi connectivity index (χ3n) is 3.96. The number of halogens is 3. The zero-order chi connectivity index (χ0) is 18.1. The normalized spacial score (nSPS) is 21.3. The van der Waals surface area contributed by atoms with Gasteiger partial charge in [-0.05, 0) is 24.0 Å². The van der Waals surface area contributed by atoms with E-state index in [0.717, 1.165) is 0 Å². The van der Waals surface area contributed by atoms with Crippen LogP contribution in [0.2, 0.25) is 0 Å². The molecule has 1 aliphatic rings. The summed E-state index contributed by atoms with van der Waals surface area (Å²) in [6, 6.07) is 6.25. The second-order valence-electron chi connectivity index (χ2n) is 6.07. The number of benzene rings is 1. The Morgan fingerprint density at radius 3 is 2.54 bits per heavy atom. The molecule has 0 radical (unpaired) electrons. The van der Waals surface area contributed by atoms with E-state index in [2.05, 4.69) is 5.10 Å². The topological polar surface area (TPSA) is 73.1 Å². The number of nitrogens with zero attached hydrogens (tertiary/aromatic N) is 2. The number of hydrogen-bond donors (Lipinski definition) is 2. The van der Waals surface area contributed by atoms with Crippen LogP contribution in [-0.2, 0) is 11.2 Å². The SMILES string of the molecule is CC(C)C1=NN(C(=O)CCc2ccccc2O)C(O)(C(F)(F)F)C1. The van der Waals surface area contributed by atoms with Crippen LogP contribution in [0.1, 0.15) is 32.3 Å². The van der Waals surface area contributed by atoms with Crippen molar-refractivity contribution in [2.75, 3.05) is 0 Å². The molecule has 1 heterocycles. The van der Waals surface area contributed by atoms with Crippen molar-refractivity contribution in [1.82, 2.24) is 5.01 Å². The van der Waals surface area contributed by atoms with Gasteiger partial charge in [-0.3, -0.25) is 4.79 Å². The molecule has 132 valence electrons. The fraction of sp³-hybridized carbons (Fsp3) is 0.500. The molecule has 5 nitrogen and oxygen atoms in total. The predicted octanol–water partition coefficient (Wildman–Crippen LogP) is 2.82. The average molecular weight is 344 g/mol. The van der Waals surface area contributed by atoms with E-state index < -0.39 is 24.2 Å². The van der Waals surface area contributed by atoms with Gasteiger partial charge in [-0.15, -0.1) is 0 Å². The Balaban J connectivity index is 2.20. The van der Waals surface area contributed by atoms with Gasteiger partial charge in [0.15, 0.2) is 0 Å². The van der Waals surface area contributed by atoms with Gasteiger partial charge in [-0.25, -0.2) is 0 Å². The minimum absolute atomic E-state index is 0.0378. The van der Waals surface area contributed by atoms with Gasteiger partial charge in [0.1, 0.15) is 5.75 Å². The summed E-state index contributed by atoms with van der Waals surface area (Å²) in [5.74, 6) is -1.31. The quantitative estimate of drug-likeness (QED) is 0.882. The molecule has 2 N–H and O–H groups in total. The molecular formula is C16H19F3N2O3. The van der Waals surface area contributed by atoms with Gasteiger partial charge in [0.05, 0.1) is 0 Å². The summed E-state index contributed by atoms with van der Waals surface area (Å²) < 4.78 is 39.8. The third-order valence-corrected chi connectivity index (χ3v) is 3.96. The number of carbonyl (C=O) groups is 1. The number of hydrazone groups is 1. The van der Waals surface area contributed by atoms with Crippen LogP contribution < -0.4 is 0 Å². The first-order valence-corrected chi connectivity index (χ1v) is 7.52. The number of para-hydroxylation sites is 1. The number of aryl methyl sites for hydroxylation is 1. The number of alkyl halides is 3. The van der Waals surface area contributed by atoms with Crippen molar-refractivity contribution in [2.45, 2.75) is 45.0 Å². The Morgan fingerprint density at radius 1 is 1.38 bits per heavy atom. The van der Waals surface area contributed by atoms with Crippen molar-refractivity contribution in [3.8, 4) is 5.75 Å². The van der Waals surface area contributed by atoms with Crippen molar-refractivity contribution in [3.05, 3.63) is 29.8 Å². The highest BCUT2D eigenvalue weighted by Gasteiger charge is 2.63. The first-order valence-electron chi connectivity index (χ1n) is 7.52. The maximum Gasteiger partial charge on any atom is 0.438 e. The minimum Gasteiger partial charge on any atom is -0.508 e. The van der Waals surface area contributed by atoms with Crippen LogP contribution in [0.15, 0.2) is 29.4 Å². The lowest BCUT2D eigenvalue weighted by Crippen LogP contribution is -2.56. The van der Waals surface area contributed by atoms with Crippen LogP contribution >= 0.6 is 0 Å². The summed E-state index contributed by atoms with van der Waals surface area (Å²) in [7, 11) is 0. The fourth-order valence-electron chi connectivity index (χ4n) is 2.45. The van der Waals surface area contributed by atoms with Crippen molar-refractivity contribution in [2.24, 2.45) is 11.0 Å². The molecule has 0 saturated carbocycles. The lowest BCUT2D eigenvalue weighted by Gasteiger charge is -2.32. The van der Waals surface area contributed by atoms with E-state index in [-0.39, 0.29) is 35.2 Å². The number of hydrogen-bond acceptors (Lipinski definition) is 4. The molecule has 0 aliphatic carbocycles. The number of carbonyl (C=O) groups excluding carboxylic acids is 1. The zero-order valence-corrected chi connectivity index (χ0v) is 13.3. The Bertz CT molecular complexity index is 658. The number of aromatic hydroxyl groups is 1. The van der Waals surface area contributed by atoms with Crippen molar-refractivity contribution in [3.63, 3.8) is 0 Å². The van der Waals surface area contributed by atoms with Gasteiger partial charge in [-0.2, -0.15) is 23.3 Å². The van der Waals surface area contributed by atoms with Crippen molar-refractivity contribution >= 4 is 11.6 Å². The lowest BCUT2D eigenvalue weighted by atomic mass is 9.98. The van der Waals surface area contributed by atoms with E-state index in [9.17, 15) is 28.2 Å². The monoisotopic (exact) mass is 344 g/mol. The summed E-state index contributed by atoms with van der Waals surface area (Å²) in [4.78, 5) is 12.2. The summed E-state index contributed by atoms with van der Waals surface area (Å²) in [5.41, 5.74) is -2.76. The van der Waals surface area contributed by atoms with E-state index in [4.69, 9.17) is 0 Å². The highest BCUT2D eigenvalue weighted by atomic mass is 19.4. The predicted molar refractivity (Wildman–Crippen MR) is 81.2 cm³/mol. The van der Waals surface area contributed by atoms with Crippen LogP contribution in [0.4, 0.5) is 13.2 Å². The van der Waals surface area contributed by atoms with Gasteiger partial charge in [-0.1, -0.05) is 32.0 Å². The van der Waals surface area contributed by atoms with E-state index >= 15 is 0 Å². The highest BCUT2D eigenvalue weighted by molar-refractivity contribution is 5.92. The number of aliphatic hydroxyl groups is 1. The number of amides is 1. The van der Waals surface area contributed by atoms with Gasteiger partial charge < -0.3 is 10.2 Å². The fourth-order valence-corrected chi connectivity index (χ4v) is 2.45. The molecule has 1 unspecified atom stereocenters. The largest absolute Gasteiger partial charge is 0.508 e. The lowest BCUT2D eigenvalue weighted by molar-refractivity contribution is -0.302. The smallest absolute Gasteiger partial charge is 0.438 e. The molecule has 8 heteroatoms. The third kappa shape index (κ3) is 3.38. The summed E-state index contributed by atoms with van der Waals surface area (Å²) >= 11 is 0. The molecule has 24 heavy (non-hydrogen) atoms. The average Bonchev–Trinajstić information content (AvgIpc) is 2.85. The van der Waals surface area contributed by atoms with E-state index in [0.29, 0.717) is 5.56 Å². The summed E-state index contributed by atoms with van der Waals surface area (Å²) in [6.07, 6.45) is -6.04. The molecule has 1 aromatic carbocycles. The Hall–Kier alpha value is -2.09. The maximum atomic E-state index is 13.3. The van der Waals surface area contributed by atoms with E-state index in [1.807, 2.05) is 0 Å². The van der Waals surface area contributed by atoms with Crippen molar-refractivity contribution in [1.29, 1.82) is 0 Å². The van der Waals surface area contributed by atoms with Crippen LogP contribution in [0, 0.1) is 5.92 Å². The molecule has 0 spiro atoms. The number of phenolic OH excluding ortho intramolecular Hbond substituents is 1. The van der Waals surface area contributed by atoms with Gasteiger partial charge >= 0.3 is 6.18 Å². The molecule has 0 aromatic heterocycles. The second kappa shape index (κ2) is 6.43. The summed E-state index contributed by atoms with van der Waals surface area (Å²) in [6.45, 7) is 3.29. The van der Waals surface area contributed by atoms with Crippen LogP contribution in [0.25, 0.3) is 0 Å². The number of phenols is 1. The first kappa shape index (κ1) is 18.3. The first-order chi connectivity index (χ1) is 11.1. The molecular weight excluding hydrogens is 325 g/mol. The maximum absolute atomic E-state index is 13.3. The molecule has 1 amide bonds. The number of rotatable bonds is 4. The molecule has 1 aromatic rings. The Kier molecular flexibility index (Phi) is 4.89.